The first-order valence-electron chi connectivity index (χ1n) is 7.20. The summed E-state index contributed by atoms with van der Waals surface area (Å²) in [6.45, 7) is 1.84. The number of rotatable bonds is 2. The minimum absolute atomic E-state index is 0.00380. The van der Waals surface area contributed by atoms with E-state index in [0.29, 0.717) is 12.1 Å². The van der Waals surface area contributed by atoms with Crippen molar-refractivity contribution in [2.24, 2.45) is 5.92 Å². The van der Waals surface area contributed by atoms with Gasteiger partial charge in [0.25, 0.3) is 0 Å². The average Bonchev–Trinajstić information content (AvgIpc) is 2.37. The lowest BCUT2D eigenvalue weighted by atomic mass is 9.77. The van der Waals surface area contributed by atoms with Gasteiger partial charge in [0, 0.05) is 18.0 Å². The van der Waals surface area contributed by atoms with Crippen molar-refractivity contribution in [1.82, 2.24) is 5.32 Å². The van der Waals surface area contributed by atoms with Crippen LogP contribution in [0.1, 0.15) is 48.0 Å². The molecule has 102 valence electrons. The highest BCUT2D eigenvalue weighted by Gasteiger charge is 2.35. The Morgan fingerprint density at radius 2 is 1.95 bits per heavy atom. The van der Waals surface area contributed by atoms with Crippen molar-refractivity contribution in [2.75, 3.05) is 0 Å². The molecule has 19 heavy (non-hydrogen) atoms. The third-order valence-electron chi connectivity index (χ3n) is 4.48. The number of ketones is 1. The molecule has 3 rings (SSSR count). The first-order valence-corrected chi connectivity index (χ1v) is 7.20. The topological polar surface area (TPSA) is 29.1 Å². The maximum Gasteiger partial charge on any atom is 0.169 e. The second kappa shape index (κ2) is 5.04. The maximum absolute atomic E-state index is 13.9. The van der Waals surface area contributed by atoms with Gasteiger partial charge >= 0.3 is 0 Å². The molecule has 1 N–H and O–H groups in total. The molecule has 0 saturated carbocycles. The zero-order valence-electron chi connectivity index (χ0n) is 11.3. The van der Waals surface area contributed by atoms with E-state index in [0.717, 1.165) is 31.2 Å². The van der Waals surface area contributed by atoms with E-state index in [1.807, 2.05) is 13.0 Å². The van der Waals surface area contributed by atoms with Crippen molar-refractivity contribution < 1.29 is 9.18 Å². The fourth-order valence-corrected chi connectivity index (χ4v) is 3.52. The molecule has 2 aliphatic rings. The number of carbonyl (C=O) groups excluding carboxylic acids is 1. The molecule has 2 atom stereocenters. The van der Waals surface area contributed by atoms with Gasteiger partial charge in [0.2, 0.25) is 0 Å². The van der Waals surface area contributed by atoms with Gasteiger partial charge in [0.1, 0.15) is 5.82 Å². The number of hydrogen-bond donors (Lipinski definition) is 1. The summed E-state index contributed by atoms with van der Waals surface area (Å²) in [5.41, 5.74) is 1.13. The Balaban J connectivity index is 1.80. The number of piperidine rings is 2. The lowest BCUT2D eigenvalue weighted by Crippen LogP contribution is -2.50. The van der Waals surface area contributed by atoms with Gasteiger partial charge in [-0.2, -0.15) is 0 Å². The van der Waals surface area contributed by atoms with E-state index in [4.69, 9.17) is 0 Å². The number of nitrogens with one attached hydrogen (secondary N) is 1. The molecule has 2 nitrogen and oxygen atoms in total. The highest BCUT2D eigenvalue weighted by Crippen LogP contribution is 2.32. The van der Waals surface area contributed by atoms with E-state index < -0.39 is 0 Å². The number of hydrogen-bond acceptors (Lipinski definition) is 2. The quantitative estimate of drug-likeness (QED) is 0.828. The number of halogens is 1. The Labute approximate surface area is 113 Å². The smallest absolute Gasteiger partial charge is 0.169 e. The fourth-order valence-electron chi connectivity index (χ4n) is 3.52. The van der Waals surface area contributed by atoms with Crippen molar-refractivity contribution in [2.45, 2.75) is 51.1 Å². The lowest BCUT2D eigenvalue weighted by molar-refractivity contribution is 0.0821. The van der Waals surface area contributed by atoms with Crippen LogP contribution in [0.4, 0.5) is 4.39 Å². The van der Waals surface area contributed by atoms with E-state index in [1.165, 1.54) is 12.5 Å². The predicted octanol–water partition coefficient (Wildman–Crippen LogP) is 3.24. The van der Waals surface area contributed by atoms with Gasteiger partial charge in [-0.25, -0.2) is 4.39 Å². The summed E-state index contributed by atoms with van der Waals surface area (Å²) >= 11 is 0. The van der Waals surface area contributed by atoms with Gasteiger partial charge in [-0.05, 0) is 50.3 Å². The van der Waals surface area contributed by atoms with Crippen LogP contribution < -0.4 is 5.32 Å². The second-order valence-corrected chi connectivity index (χ2v) is 6.01. The Bertz CT molecular complexity index is 488. The zero-order valence-corrected chi connectivity index (χ0v) is 11.3. The zero-order chi connectivity index (χ0) is 13.4. The Hall–Kier alpha value is -1.22. The van der Waals surface area contributed by atoms with Crippen LogP contribution in [-0.2, 0) is 0 Å². The molecule has 2 unspecified atom stereocenters. The summed E-state index contributed by atoms with van der Waals surface area (Å²) in [5.74, 6) is -0.377. The first-order chi connectivity index (χ1) is 9.13. The van der Waals surface area contributed by atoms with Crippen LogP contribution >= 0.6 is 0 Å². The van der Waals surface area contributed by atoms with Crippen LogP contribution in [0.3, 0.4) is 0 Å². The molecule has 0 aliphatic carbocycles. The largest absolute Gasteiger partial charge is 0.311 e. The predicted molar refractivity (Wildman–Crippen MR) is 72.8 cm³/mol. The number of Topliss-reactive ketones (excluding diaryl/α,β-unsaturated/α-hetero) is 1. The molecule has 2 aliphatic heterocycles. The molecule has 2 fully saturated rings. The molecule has 0 aromatic heterocycles. The molecule has 1 aromatic carbocycles. The summed E-state index contributed by atoms with van der Waals surface area (Å²) in [6.07, 6.45) is 5.28. The van der Waals surface area contributed by atoms with E-state index in [1.54, 1.807) is 6.07 Å². The number of benzene rings is 1. The Kier molecular flexibility index (Phi) is 3.40. The highest BCUT2D eigenvalue weighted by atomic mass is 19.1. The summed E-state index contributed by atoms with van der Waals surface area (Å²) < 4.78 is 13.9. The minimum Gasteiger partial charge on any atom is -0.311 e. The van der Waals surface area contributed by atoms with E-state index in [-0.39, 0.29) is 23.1 Å². The van der Waals surface area contributed by atoms with Crippen molar-refractivity contribution in [3.8, 4) is 0 Å². The standard InChI is InChI=1S/C16H20FNO/c1-10-5-6-14(15(17)7-10)16(19)11-8-12-3-2-4-13(9-11)18-12/h5-7,11-13,18H,2-4,8-9H2,1H3. The molecule has 2 heterocycles. The molecule has 2 saturated heterocycles. The summed E-state index contributed by atoms with van der Waals surface area (Å²) in [4.78, 5) is 12.5. The van der Waals surface area contributed by atoms with Crippen LogP contribution in [-0.4, -0.2) is 17.9 Å². The molecule has 3 heteroatoms. The van der Waals surface area contributed by atoms with Gasteiger partial charge in [-0.15, -0.1) is 0 Å². The van der Waals surface area contributed by atoms with Crippen LogP contribution in [0.5, 0.6) is 0 Å². The van der Waals surface area contributed by atoms with Crippen LogP contribution in [0.15, 0.2) is 18.2 Å². The van der Waals surface area contributed by atoms with Crippen molar-refractivity contribution in [1.29, 1.82) is 0 Å². The van der Waals surface area contributed by atoms with Gasteiger partial charge in [0.05, 0.1) is 5.56 Å². The third kappa shape index (κ3) is 2.57. The molecule has 0 amide bonds. The monoisotopic (exact) mass is 261 g/mol. The Morgan fingerprint density at radius 3 is 2.58 bits per heavy atom. The van der Waals surface area contributed by atoms with Gasteiger partial charge < -0.3 is 5.32 Å². The third-order valence-corrected chi connectivity index (χ3v) is 4.48. The van der Waals surface area contributed by atoms with Gasteiger partial charge in [0.15, 0.2) is 5.78 Å². The number of aryl methyl sites for hydroxylation is 1. The van der Waals surface area contributed by atoms with Crippen LogP contribution in [0.2, 0.25) is 0 Å². The van der Waals surface area contributed by atoms with Gasteiger partial charge in [-0.1, -0.05) is 12.5 Å². The molecule has 2 bridgehead atoms. The summed E-state index contributed by atoms with van der Waals surface area (Å²) in [5, 5.41) is 3.57. The lowest BCUT2D eigenvalue weighted by Gasteiger charge is -2.39. The number of fused-ring (bicyclic) bond motifs is 2. The van der Waals surface area contributed by atoms with E-state index in [9.17, 15) is 9.18 Å². The Morgan fingerprint density at radius 1 is 1.26 bits per heavy atom. The van der Waals surface area contributed by atoms with E-state index in [2.05, 4.69) is 5.32 Å². The van der Waals surface area contributed by atoms with Crippen molar-refractivity contribution >= 4 is 5.78 Å². The fraction of sp³-hybridized carbons (Fsp3) is 0.562. The molecular weight excluding hydrogens is 241 g/mol. The normalized spacial score (nSPS) is 30.1. The maximum atomic E-state index is 13.9. The molecule has 0 radical (unpaired) electrons. The van der Waals surface area contributed by atoms with Crippen molar-refractivity contribution in [3.05, 3.63) is 35.1 Å². The summed E-state index contributed by atoms with van der Waals surface area (Å²) in [7, 11) is 0. The van der Waals surface area contributed by atoms with E-state index >= 15 is 0 Å². The second-order valence-electron chi connectivity index (χ2n) is 6.01. The van der Waals surface area contributed by atoms with Crippen LogP contribution in [0.25, 0.3) is 0 Å². The highest BCUT2D eigenvalue weighted by molar-refractivity contribution is 5.98. The van der Waals surface area contributed by atoms with Crippen molar-refractivity contribution in [3.63, 3.8) is 0 Å². The molecule has 1 aromatic rings. The summed E-state index contributed by atoms with van der Waals surface area (Å²) in [6, 6.07) is 5.82. The minimum atomic E-state index is -0.367. The first kappa shape index (κ1) is 12.8. The molecular formula is C16H20FNO. The van der Waals surface area contributed by atoms with Crippen LogP contribution in [0, 0.1) is 18.7 Å². The molecule has 0 spiro atoms. The number of carbonyl (C=O) groups is 1. The average molecular weight is 261 g/mol. The SMILES string of the molecule is Cc1ccc(C(=O)C2CC3CCCC(C2)N3)c(F)c1. The van der Waals surface area contributed by atoms with Gasteiger partial charge in [-0.3, -0.25) is 4.79 Å².